The number of para-hydroxylation sites is 1. The molecule has 0 saturated carbocycles. The molecule has 1 aromatic heterocycles. The van der Waals surface area contributed by atoms with Gasteiger partial charge < -0.3 is 15.0 Å². The van der Waals surface area contributed by atoms with Crippen molar-refractivity contribution >= 4 is 17.1 Å². The number of piperidine rings is 1. The molecular formula is C14H16FN3O3. The number of hydrogen-bond donors (Lipinski definition) is 2. The Morgan fingerprint density at radius 1 is 1.48 bits per heavy atom. The smallest absolute Gasteiger partial charge is 0.407 e. The Bertz CT molecular complexity index is 751. The van der Waals surface area contributed by atoms with Crippen LogP contribution in [0.25, 0.3) is 11.0 Å². The van der Waals surface area contributed by atoms with Gasteiger partial charge in [-0.3, -0.25) is 4.57 Å². The highest BCUT2D eigenvalue weighted by molar-refractivity contribution is 5.79. The number of likely N-dealkylation sites (tertiary alicyclic amines) is 1. The number of fused-ring (bicyclic) bond motifs is 1. The average molecular weight is 293 g/mol. The molecule has 112 valence electrons. The van der Waals surface area contributed by atoms with Gasteiger partial charge in [0.2, 0.25) is 0 Å². The number of imidazole rings is 1. The number of aromatic amines is 1. The van der Waals surface area contributed by atoms with Gasteiger partial charge in [0.15, 0.2) is 0 Å². The number of benzene rings is 1. The maximum atomic E-state index is 14.4. The first kappa shape index (κ1) is 13.7. The van der Waals surface area contributed by atoms with Crippen LogP contribution in [0, 0.1) is 0 Å². The number of aromatic nitrogens is 2. The fourth-order valence-corrected chi connectivity index (χ4v) is 3.07. The zero-order valence-corrected chi connectivity index (χ0v) is 11.5. The van der Waals surface area contributed by atoms with Gasteiger partial charge in [0.1, 0.15) is 6.17 Å². The van der Waals surface area contributed by atoms with Crippen molar-refractivity contribution in [3.05, 3.63) is 34.2 Å². The van der Waals surface area contributed by atoms with Gasteiger partial charge in [0, 0.05) is 19.5 Å². The van der Waals surface area contributed by atoms with Crippen molar-refractivity contribution in [1.82, 2.24) is 14.5 Å². The third-order valence-corrected chi connectivity index (χ3v) is 4.16. The second kappa shape index (κ2) is 4.91. The minimum absolute atomic E-state index is 0.130. The largest absolute Gasteiger partial charge is 0.465 e. The monoisotopic (exact) mass is 293 g/mol. The summed E-state index contributed by atoms with van der Waals surface area (Å²) in [7, 11) is 1.64. The Kier molecular flexibility index (Phi) is 3.19. The summed E-state index contributed by atoms with van der Waals surface area (Å²) in [6.07, 6.45) is -1.96. The summed E-state index contributed by atoms with van der Waals surface area (Å²) in [6, 6.07) is 5.37. The number of rotatable bonds is 1. The Labute approximate surface area is 119 Å². The van der Waals surface area contributed by atoms with Gasteiger partial charge in [-0.25, -0.2) is 14.0 Å². The quantitative estimate of drug-likeness (QED) is 0.839. The van der Waals surface area contributed by atoms with Gasteiger partial charge in [-0.1, -0.05) is 12.1 Å². The maximum absolute atomic E-state index is 14.4. The van der Waals surface area contributed by atoms with Gasteiger partial charge in [0.05, 0.1) is 17.6 Å². The maximum Gasteiger partial charge on any atom is 0.407 e. The molecule has 0 radical (unpaired) electrons. The van der Waals surface area contributed by atoms with Crippen molar-refractivity contribution in [3.8, 4) is 0 Å². The van der Waals surface area contributed by atoms with Gasteiger partial charge in [-0.05, 0) is 18.1 Å². The molecule has 1 aliphatic rings. The first-order chi connectivity index (χ1) is 9.99. The van der Waals surface area contributed by atoms with E-state index in [0.29, 0.717) is 24.0 Å². The topological polar surface area (TPSA) is 78.3 Å². The molecule has 1 aliphatic heterocycles. The molecule has 0 bridgehead atoms. The van der Waals surface area contributed by atoms with E-state index in [1.165, 1.54) is 4.57 Å². The van der Waals surface area contributed by atoms with Crippen LogP contribution >= 0.6 is 0 Å². The number of nitrogens with one attached hydrogen (secondary N) is 1. The van der Waals surface area contributed by atoms with Crippen LogP contribution in [0.4, 0.5) is 9.18 Å². The second-order valence-electron chi connectivity index (χ2n) is 5.37. The van der Waals surface area contributed by atoms with E-state index < -0.39 is 18.2 Å². The Hall–Kier alpha value is -2.31. The van der Waals surface area contributed by atoms with Crippen LogP contribution in [0.15, 0.2) is 23.0 Å². The van der Waals surface area contributed by atoms with Crippen LogP contribution < -0.4 is 5.69 Å². The molecule has 1 fully saturated rings. The SMILES string of the molecule is Cn1c(=O)[nH]c2cccc([C@H]3CCN(C(=O)O)C[C@@H]3F)c21. The number of alkyl halides is 1. The zero-order valence-electron chi connectivity index (χ0n) is 11.5. The molecule has 3 rings (SSSR count). The Morgan fingerprint density at radius 2 is 2.24 bits per heavy atom. The molecule has 7 heteroatoms. The number of carboxylic acid groups (broad SMARTS) is 1. The van der Waals surface area contributed by atoms with Gasteiger partial charge >= 0.3 is 11.8 Å². The van der Waals surface area contributed by atoms with Crippen molar-refractivity contribution in [2.45, 2.75) is 18.5 Å². The first-order valence-corrected chi connectivity index (χ1v) is 6.78. The summed E-state index contributed by atoms with van der Waals surface area (Å²) in [5.74, 6) is -0.398. The summed E-state index contributed by atoms with van der Waals surface area (Å²) < 4.78 is 15.9. The van der Waals surface area contributed by atoms with Crippen molar-refractivity contribution < 1.29 is 14.3 Å². The molecule has 21 heavy (non-hydrogen) atoms. The molecule has 0 spiro atoms. The van der Waals surface area contributed by atoms with E-state index in [1.807, 2.05) is 6.07 Å². The van der Waals surface area contributed by atoms with Crippen LogP contribution in [0.5, 0.6) is 0 Å². The minimum atomic E-state index is -1.27. The molecule has 6 nitrogen and oxygen atoms in total. The van der Waals surface area contributed by atoms with E-state index >= 15 is 0 Å². The molecule has 0 unspecified atom stereocenters. The van der Waals surface area contributed by atoms with E-state index in [2.05, 4.69) is 4.98 Å². The Balaban J connectivity index is 2.02. The molecule has 2 N–H and O–H groups in total. The number of halogens is 1. The van der Waals surface area contributed by atoms with Crippen LogP contribution in [0.1, 0.15) is 17.9 Å². The normalized spacial score (nSPS) is 22.7. The molecule has 2 atom stereocenters. The molecule has 2 heterocycles. The number of amides is 1. The summed E-state index contributed by atoms with van der Waals surface area (Å²) in [4.78, 5) is 26.5. The second-order valence-corrected chi connectivity index (χ2v) is 5.37. The molecular weight excluding hydrogens is 277 g/mol. The van der Waals surface area contributed by atoms with Gasteiger partial charge in [0.25, 0.3) is 0 Å². The fraction of sp³-hybridized carbons (Fsp3) is 0.429. The Morgan fingerprint density at radius 3 is 2.90 bits per heavy atom. The zero-order chi connectivity index (χ0) is 15.1. The number of aryl methyl sites for hydroxylation is 1. The molecule has 1 saturated heterocycles. The lowest BCUT2D eigenvalue weighted by molar-refractivity contribution is 0.0965. The lowest BCUT2D eigenvalue weighted by Gasteiger charge is -2.33. The van der Waals surface area contributed by atoms with Gasteiger partial charge in [-0.15, -0.1) is 0 Å². The lowest BCUT2D eigenvalue weighted by atomic mass is 9.87. The highest BCUT2D eigenvalue weighted by atomic mass is 19.1. The average Bonchev–Trinajstić information content (AvgIpc) is 2.74. The standard InChI is InChI=1S/C14H16FN3O3/c1-17-12-9(3-2-4-11(12)16-13(17)19)8-5-6-18(14(20)21)7-10(8)15/h2-4,8,10H,5-7H2,1H3,(H,16,19)(H,20,21)/t8-,10+/m1/s1. The van der Waals surface area contributed by atoms with E-state index in [0.717, 1.165) is 10.5 Å². The van der Waals surface area contributed by atoms with Gasteiger partial charge in [-0.2, -0.15) is 0 Å². The summed E-state index contributed by atoms with van der Waals surface area (Å²) >= 11 is 0. The molecule has 1 aromatic carbocycles. The van der Waals surface area contributed by atoms with Crippen LogP contribution in [0.3, 0.4) is 0 Å². The number of H-pyrrole nitrogens is 1. The highest BCUT2D eigenvalue weighted by Crippen LogP contribution is 2.34. The van der Waals surface area contributed by atoms with Crippen molar-refractivity contribution in [3.63, 3.8) is 0 Å². The van der Waals surface area contributed by atoms with E-state index in [-0.39, 0.29) is 12.2 Å². The summed E-state index contributed by atoms with van der Waals surface area (Å²) in [6.45, 7) is 0.171. The highest BCUT2D eigenvalue weighted by Gasteiger charge is 2.33. The molecule has 2 aromatic rings. The summed E-state index contributed by atoms with van der Waals surface area (Å²) in [5.41, 5.74) is 1.88. The van der Waals surface area contributed by atoms with Crippen molar-refractivity contribution in [2.24, 2.45) is 7.05 Å². The van der Waals surface area contributed by atoms with E-state index in [1.54, 1.807) is 19.2 Å². The third kappa shape index (κ3) is 2.18. The van der Waals surface area contributed by atoms with Crippen LogP contribution in [0.2, 0.25) is 0 Å². The minimum Gasteiger partial charge on any atom is -0.465 e. The number of hydrogen-bond acceptors (Lipinski definition) is 2. The predicted octanol–water partition coefficient (Wildman–Crippen LogP) is 1.67. The lowest BCUT2D eigenvalue weighted by Crippen LogP contribution is -2.43. The van der Waals surface area contributed by atoms with Crippen molar-refractivity contribution in [2.75, 3.05) is 13.1 Å². The molecule has 0 aliphatic carbocycles. The van der Waals surface area contributed by atoms with Crippen molar-refractivity contribution in [1.29, 1.82) is 0 Å². The number of nitrogens with zero attached hydrogens (tertiary/aromatic N) is 2. The predicted molar refractivity (Wildman–Crippen MR) is 75.4 cm³/mol. The molecule has 1 amide bonds. The van der Waals surface area contributed by atoms with E-state index in [4.69, 9.17) is 5.11 Å². The fourth-order valence-electron chi connectivity index (χ4n) is 3.07. The summed E-state index contributed by atoms with van der Waals surface area (Å²) in [5, 5.41) is 8.94. The van der Waals surface area contributed by atoms with Crippen LogP contribution in [-0.4, -0.2) is 44.9 Å². The van der Waals surface area contributed by atoms with E-state index in [9.17, 15) is 14.0 Å². The van der Waals surface area contributed by atoms with Crippen LogP contribution in [-0.2, 0) is 7.05 Å². The third-order valence-electron chi connectivity index (χ3n) is 4.16. The number of carbonyl (C=O) groups is 1. The first-order valence-electron chi connectivity index (χ1n) is 6.78.